The molecule has 0 heterocycles. The van der Waals surface area contributed by atoms with Crippen molar-refractivity contribution in [1.82, 2.24) is 0 Å². The van der Waals surface area contributed by atoms with Crippen LogP contribution >= 0.6 is 39.3 Å². The van der Waals surface area contributed by atoms with E-state index in [2.05, 4.69) is 46.3 Å². The zero-order valence-electron chi connectivity index (χ0n) is 10.4. The fourth-order valence-electron chi connectivity index (χ4n) is 1.78. The summed E-state index contributed by atoms with van der Waals surface area (Å²) in [6, 6.07) is 14.4. The molecular formula is C15H15BrClNS. The quantitative estimate of drug-likeness (QED) is 0.771. The maximum absolute atomic E-state index is 5.89. The third-order valence-corrected chi connectivity index (χ3v) is 4.68. The first-order chi connectivity index (χ1) is 9.19. The van der Waals surface area contributed by atoms with Crippen LogP contribution in [0.5, 0.6) is 0 Å². The van der Waals surface area contributed by atoms with Crippen LogP contribution in [0.4, 0.5) is 0 Å². The van der Waals surface area contributed by atoms with Gasteiger partial charge in [-0.2, -0.15) is 0 Å². The van der Waals surface area contributed by atoms with Gasteiger partial charge in [-0.25, -0.2) is 0 Å². The van der Waals surface area contributed by atoms with E-state index in [1.165, 1.54) is 16.0 Å². The summed E-state index contributed by atoms with van der Waals surface area (Å²) >= 11 is 11.2. The predicted molar refractivity (Wildman–Crippen MR) is 87.9 cm³/mol. The molecule has 100 valence electrons. The topological polar surface area (TPSA) is 26.0 Å². The summed E-state index contributed by atoms with van der Waals surface area (Å²) in [7, 11) is 0. The molecule has 0 saturated heterocycles. The Kier molecular flexibility index (Phi) is 5.76. The lowest BCUT2D eigenvalue weighted by Gasteiger charge is -2.09. The Morgan fingerprint density at radius 2 is 1.84 bits per heavy atom. The van der Waals surface area contributed by atoms with Gasteiger partial charge in [0.25, 0.3) is 0 Å². The van der Waals surface area contributed by atoms with Crippen molar-refractivity contribution in [1.29, 1.82) is 0 Å². The van der Waals surface area contributed by atoms with Crippen molar-refractivity contribution in [3.63, 3.8) is 0 Å². The van der Waals surface area contributed by atoms with Crippen molar-refractivity contribution in [2.45, 2.75) is 17.1 Å². The van der Waals surface area contributed by atoms with E-state index in [-0.39, 0.29) is 0 Å². The van der Waals surface area contributed by atoms with Gasteiger partial charge in [0.2, 0.25) is 0 Å². The highest BCUT2D eigenvalue weighted by atomic mass is 79.9. The molecule has 0 fully saturated rings. The van der Waals surface area contributed by atoms with E-state index in [1.807, 2.05) is 23.9 Å². The molecule has 0 aliphatic heterocycles. The molecule has 0 bridgehead atoms. The Bertz CT molecular complexity index is 542. The van der Waals surface area contributed by atoms with Gasteiger partial charge in [-0.1, -0.05) is 39.7 Å². The molecule has 0 atom stereocenters. The predicted octanol–water partition coefficient (Wildman–Crippen LogP) is 4.90. The van der Waals surface area contributed by atoms with Gasteiger partial charge in [0.05, 0.1) is 0 Å². The molecule has 0 radical (unpaired) electrons. The average molecular weight is 357 g/mol. The minimum atomic E-state index is 0.672. The lowest BCUT2D eigenvalue weighted by atomic mass is 10.1. The highest BCUT2D eigenvalue weighted by Crippen LogP contribution is 2.29. The first-order valence-electron chi connectivity index (χ1n) is 6.05. The lowest BCUT2D eigenvalue weighted by Crippen LogP contribution is -2.03. The summed E-state index contributed by atoms with van der Waals surface area (Å²) in [6.45, 7) is 0.672. The molecule has 2 aromatic rings. The summed E-state index contributed by atoms with van der Waals surface area (Å²) in [5.41, 5.74) is 8.24. The molecule has 1 nitrogen and oxygen atoms in total. The smallest absolute Gasteiger partial charge is 0.0406 e. The zero-order valence-corrected chi connectivity index (χ0v) is 13.6. The van der Waals surface area contributed by atoms with Crippen molar-refractivity contribution in [3.05, 3.63) is 63.1 Å². The van der Waals surface area contributed by atoms with Gasteiger partial charge in [0.1, 0.15) is 0 Å². The molecule has 0 spiro atoms. The van der Waals surface area contributed by atoms with Gasteiger partial charge in [0.15, 0.2) is 0 Å². The maximum Gasteiger partial charge on any atom is 0.0406 e. The Hall–Kier alpha value is -0.480. The van der Waals surface area contributed by atoms with Gasteiger partial charge < -0.3 is 5.73 Å². The van der Waals surface area contributed by atoms with E-state index in [9.17, 15) is 0 Å². The molecule has 0 saturated carbocycles. The van der Waals surface area contributed by atoms with Gasteiger partial charge in [-0.15, -0.1) is 11.8 Å². The molecule has 0 aromatic heterocycles. The van der Waals surface area contributed by atoms with E-state index in [4.69, 9.17) is 17.3 Å². The normalized spacial score (nSPS) is 10.7. The first kappa shape index (κ1) is 14.9. The number of halogens is 2. The van der Waals surface area contributed by atoms with Crippen molar-refractivity contribution in [2.75, 3.05) is 6.54 Å². The number of benzene rings is 2. The van der Waals surface area contributed by atoms with Crippen LogP contribution in [0, 0.1) is 0 Å². The number of nitrogens with two attached hydrogens (primary N) is 1. The van der Waals surface area contributed by atoms with Crippen LogP contribution in [-0.2, 0) is 12.2 Å². The molecule has 2 N–H and O–H groups in total. The van der Waals surface area contributed by atoms with Crippen molar-refractivity contribution in [2.24, 2.45) is 5.73 Å². The van der Waals surface area contributed by atoms with Crippen molar-refractivity contribution in [3.8, 4) is 0 Å². The van der Waals surface area contributed by atoms with Gasteiger partial charge in [0, 0.05) is 20.1 Å². The van der Waals surface area contributed by atoms with Crippen molar-refractivity contribution >= 4 is 39.3 Å². The standard InChI is InChI=1S/C15H15BrClNS/c16-13-3-6-15(12(9-13)7-8-18)19-10-11-1-4-14(17)5-2-11/h1-6,9H,7-8,10,18H2. The number of rotatable bonds is 5. The summed E-state index contributed by atoms with van der Waals surface area (Å²) in [5, 5.41) is 0.779. The highest BCUT2D eigenvalue weighted by molar-refractivity contribution is 9.10. The Morgan fingerprint density at radius 3 is 2.53 bits per heavy atom. The summed E-state index contributed by atoms with van der Waals surface area (Å²) in [4.78, 5) is 1.30. The monoisotopic (exact) mass is 355 g/mol. The second-order valence-corrected chi connectivity index (χ2v) is 6.58. The molecule has 19 heavy (non-hydrogen) atoms. The second-order valence-electron chi connectivity index (χ2n) is 4.21. The molecule has 0 aliphatic carbocycles. The van der Waals surface area contributed by atoms with Gasteiger partial charge in [-0.3, -0.25) is 0 Å². The molecular weight excluding hydrogens is 342 g/mol. The highest BCUT2D eigenvalue weighted by Gasteiger charge is 2.04. The van der Waals surface area contributed by atoms with Crippen LogP contribution < -0.4 is 5.73 Å². The molecule has 0 unspecified atom stereocenters. The largest absolute Gasteiger partial charge is 0.330 e. The summed E-state index contributed by atoms with van der Waals surface area (Å²) < 4.78 is 1.10. The van der Waals surface area contributed by atoms with E-state index in [0.717, 1.165) is 21.7 Å². The Morgan fingerprint density at radius 1 is 1.11 bits per heavy atom. The number of hydrogen-bond acceptors (Lipinski definition) is 2. The van der Waals surface area contributed by atoms with E-state index < -0.39 is 0 Å². The van der Waals surface area contributed by atoms with Gasteiger partial charge >= 0.3 is 0 Å². The molecule has 2 aromatic carbocycles. The number of thioether (sulfide) groups is 1. The van der Waals surface area contributed by atoms with E-state index in [0.29, 0.717) is 6.54 Å². The summed E-state index contributed by atoms with van der Waals surface area (Å²) in [6.07, 6.45) is 0.905. The second kappa shape index (κ2) is 7.34. The fourth-order valence-corrected chi connectivity index (χ4v) is 3.34. The van der Waals surface area contributed by atoms with E-state index >= 15 is 0 Å². The zero-order chi connectivity index (χ0) is 13.7. The van der Waals surface area contributed by atoms with Crippen LogP contribution in [0.2, 0.25) is 5.02 Å². The van der Waals surface area contributed by atoms with E-state index in [1.54, 1.807) is 0 Å². The summed E-state index contributed by atoms with van der Waals surface area (Å²) in [5.74, 6) is 0.941. The number of hydrogen-bond donors (Lipinski definition) is 1. The minimum Gasteiger partial charge on any atom is -0.330 e. The molecule has 4 heteroatoms. The van der Waals surface area contributed by atoms with Gasteiger partial charge in [-0.05, 0) is 54.4 Å². The van der Waals surface area contributed by atoms with Crippen LogP contribution in [0.15, 0.2) is 51.8 Å². The molecule has 0 amide bonds. The van der Waals surface area contributed by atoms with Crippen LogP contribution in [-0.4, -0.2) is 6.54 Å². The lowest BCUT2D eigenvalue weighted by molar-refractivity contribution is 0.943. The Labute approximate surface area is 131 Å². The minimum absolute atomic E-state index is 0.672. The molecule has 0 aliphatic rings. The third-order valence-electron chi connectivity index (χ3n) is 2.74. The van der Waals surface area contributed by atoms with Crippen molar-refractivity contribution < 1.29 is 0 Å². The van der Waals surface area contributed by atoms with Crippen LogP contribution in [0.1, 0.15) is 11.1 Å². The third kappa shape index (κ3) is 4.53. The van der Waals surface area contributed by atoms with Crippen LogP contribution in [0.25, 0.3) is 0 Å². The first-order valence-corrected chi connectivity index (χ1v) is 8.20. The SMILES string of the molecule is NCCc1cc(Br)ccc1SCc1ccc(Cl)cc1. The fraction of sp³-hybridized carbons (Fsp3) is 0.200. The maximum atomic E-state index is 5.89. The van der Waals surface area contributed by atoms with Crippen LogP contribution in [0.3, 0.4) is 0 Å². The molecule has 2 rings (SSSR count). The average Bonchev–Trinajstić information content (AvgIpc) is 2.40. The Balaban J connectivity index is 2.08.